The van der Waals surface area contributed by atoms with Crippen molar-refractivity contribution >= 4 is 34.9 Å². The lowest BCUT2D eigenvalue weighted by Gasteiger charge is -2.52. The summed E-state index contributed by atoms with van der Waals surface area (Å²) in [5.74, 6) is -1.63. The van der Waals surface area contributed by atoms with Crippen LogP contribution in [0.2, 0.25) is 5.02 Å². The number of ketones is 1. The number of aliphatic carboxylic acids is 1. The van der Waals surface area contributed by atoms with Gasteiger partial charge in [0.15, 0.2) is 18.1 Å². The van der Waals surface area contributed by atoms with Gasteiger partial charge in [0.1, 0.15) is 17.6 Å². The van der Waals surface area contributed by atoms with Gasteiger partial charge in [-0.2, -0.15) is 0 Å². The Balaban J connectivity index is 1.84. The Hall–Kier alpha value is -2.98. The lowest BCUT2D eigenvalue weighted by Crippen LogP contribution is -2.79. The van der Waals surface area contributed by atoms with Gasteiger partial charge in [0.05, 0.1) is 26.7 Å². The van der Waals surface area contributed by atoms with Crippen molar-refractivity contribution in [3.8, 4) is 11.5 Å². The van der Waals surface area contributed by atoms with Crippen LogP contribution in [-0.2, 0) is 19.1 Å². The number of rotatable bonds is 8. The number of para-hydroxylation sites is 1. The number of fused-ring (bicyclic) bond motifs is 1. The normalized spacial score (nSPS) is 28.8. The molecule has 3 aliphatic rings. The Kier molecular flexibility index (Phi) is 7.45. The van der Waals surface area contributed by atoms with E-state index >= 15 is 0 Å². The molecule has 1 amide bonds. The number of ether oxygens (including phenoxy) is 3. The van der Waals surface area contributed by atoms with E-state index in [2.05, 4.69) is 5.32 Å². The number of benzene rings is 2. The number of hydrogen-bond acceptors (Lipinski definition) is 7. The molecule has 2 aromatic rings. The molecule has 2 fully saturated rings. The Morgan fingerprint density at radius 2 is 1.95 bits per heavy atom. The van der Waals surface area contributed by atoms with Crippen LogP contribution < -0.4 is 19.3 Å². The van der Waals surface area contributed by atoms with Crippen molar-refractivity contribution in [3.05, 3.63) is 52.5 Å². The van der Waals surface area contributed by atoms with Crippen molar-refractivity contribution in [2.75, 3.05) is 40.5 Å². The van der Waals surface area contributed by atoms with Crippen LogP contribution in [0.5, 0.6) is 11.5 Å². The molecule has 9 nitrogen and oxygen atoms in total. The van der Waals surface area contributed by atoms with Gasteiger partial charge in [-0.25, -0.2) is 14.1 Å². The van der Waals surface area contributed by atoms with E-state index < -0.39 is 28.0 Å². The van der Waals surface area contributed by atoms with Gasteiger partial charge in [0, 0.05) is 47.6 Å². The minimum atomic E-state index is -1.71. The second kappa shape index (κ2) is 10.5. The molecular weight excluding hydrogens is 524 g/mol. The third kappa shape index (κ3) is 4.32. The minimum Gasteiger partial charge on any atom is -0.493 e. The molecule has 0 bridgehead atoms. The second-order valence-corrected chi connectivity index (χ2v) is 11.1. The van der Waals surface area contributed by atoms with Gasteiger partial charge in [-0.15, -0.1) is 0 Å². The predicted molar refractivity (Wildman–Crippen MR) is 145 cm³/mol. The van der Waals surface area contributed by atoms with E-state index in [0.29, 0.717) is 39.9 Å². The van der Waals surface area contributed by atoms with Crippen molar-refractivity contribution in [1.29, 1.82) is 0 Å². The zero-order valence-electron chi connectivity index (χ0n) is 22.4. The maximum atomic E-state index is 14.5. The molecule has 1 aliphatic carbocycles. The molecule has 2 aliphatic heterocycles. The maximum Gasteiger partial charge on any atom is 0.367 e. The fourth-order valence-corrected chi connectivity index (χ4v) is 6.84. The number of carboxylic acid groups (broad SMARTS) is 1. The first kappa shape index (κ1) is 27.6. The van der Waals surface area contributed by atoms with E-state index in [0.717, 1.165) is 12.8 Å². The summed E-state index contributed by atoms with van der Waals surface area (Å²) in [6.45, 7) is 1.88. The van der Waals surface area contributed by atoms with Crippen LogP contribution in [0.25, 0.3) is 0 Å². The van der Waals surface area contributed by atoms with Crippen molar-refractivity contribution in [2.45, 2.75) is 37.8 Å². The van der Waals surface area contributed by atoms with E-state index in [-0.39, 0.29) is 43.7 Å². The third-order valence-corrected chi connectivity index (χ3v) is 8.81. The largest absolute Gasteiger partial charge is 0.493 e. The quantitative estimate of drug-likeness (QED) is 0.472. The van der Waals surface area contributed by atoms with E-state index in [4.69, 9.17) is 25.8 Å². The summed E-state index contributed by atoms with van der Waals surface area (Å²) in [4.78, 5) is 41.2. The molecule has 0 spiro atoms. The number of methoxy groups -OCH3 is 2. The van der Waals surface area contributed by atoms with Gasteiger partial charge in [-0.1, -0.05) is 23.7 Å². The van der Waals surface area contributed by atoms with Gasteiger partial charge >= 0.3 is 11.9 Å². The lowest BCUT2D eigenvalue weighted by atomic mass is 9.71. The number of hydrogen-bond donors (Lipinski definition) is 2. The molecule has 1 unspecified atom stereocenters. The lowest BCUT2D eigenvalue weighted by molar-refractivity contribution is -0.168. The van der Waals surface area contributed by atoms with E-state index in [1.54, 1.807) is 30.3 Å². The van der Waals surface area contributed by atoms with Crippen molar-refractivity contribution in [2.24, 2.45) is 11.8 Å². The molecular formula is C29H34ClN2O7+. The van der Waals surface area contributed by atoms with Crippen molar-refractivity contribution in [1.82, 2.24) is 9.80 Å². The van der Waals surface area contributed by atoms with Gasteiger partial charge in [0.25, 0.3) is 0 Å². The molecule has 1 saturated heterocycles. The average molecular weight is 558 g/mol. The fraction of sp³-hybridized carbons (Fsp3) is 0.483. The molecule has 39 heavy (non-hydrogen) atoms. The zero-order valence-corrected chi connectivity index (χ0v) is 23.1. The van der Waals surface area contributed by atoms with E-state index in [1.165, 1.54) is 21.1 Å². The van der Waals surface area contributed by atoms with Crippen LogP contribution >= 0.6 is 11.6 Å². The van der Waals surface area contributed by atoms with Crippen molar-refractivity contribution in [3.63, 3.8) is 0 Å². The molecule has 10 heteroatoms. The van der Waals surface area contributed by atoms with Gasteiger partial charge in [0.2, 0.25) is 5.54 Å². The number of Topliss-reactive ketones (excluding diaryl/α,β-unsaturated/α-hetero) is 1. The number of carbonyl (C=O) groups is 3. The van der Waals surface area contributed by atoms with Crippen LogP contribution in [0.4, 0.5) is 5.69 Å². The molecule has 2 heterocycles. The SMILES string of the molecule is COc1cccc(C2OCC(=O)[N@@+](CC3CC3)([C@@]3(C(=O)O)CCNC[C@@H]3C(C)=O)c3ccc(Cl)cc32)c1OC. The average Bonchev–Trinajstić information content (AvgIpc) is 3.76. The highest BCUT2D eigenvalue weighted by Gasteiger charge is 2.70. The monoisotopic (exact) mass is 557 g/mol. The molecule has 2 aromatic carbocycles. The molecule has 0 radical (unpaired) electrons. The highest BCUT2D eigenvalue weighted by molar-refractivity contribution is 6.30. The summed E-state index contributed by atoms with van der Waals surface area (Å²) >= 11 is 6.54. The number of nitrogens with zero attached hydrogens (tertiary/aromatic N) is 1. The minimum absolute atomic E-state index is 0.111. The molecule has 4 atom stereocenters. The zero-order chi connectivity index (χ0) is 27.9. The summed E-state index contributed by atoms with van der Waals surface area (Å²) < 4.78 is 17.1. The van der Waals surface area contributed by atoms with Crippen LogP contribution in [0.3, 0.4) is 0 Å². The summed E-state index contributed by atoms with van der Waals surface area (Å²) in [7, 11) is 3.07. The fourth-order valence-electron chi connectivity index (χ4n) is 6.66. The Morgan fingerprint density at radius 3 is 2.59 bits per heavy atom. The summed E-state index contributed by atoms with van der Waals surface area (Å²) in [6.07, 6.45) is 1.10. The number of nitrogens with one attached hydrogen (secondary N) is 1. The van der Waals surface area contributed by atoms with Crippen LogP contribution in [-0.4, -0.2) is 68.8 Å². The van der Waals surface area contributed by atoms with Gasteiger partial charge < -0.3 is 24.6 Å². The molecule has 1 saturated carbocycles. The van der Waals surface area contributed by atoms with Gasteiger partial charge in [-0.05, 0) is 38.0 Å². The van der Waals surface area contributed by atoms with Crippen molar-refractivity contribution < 1.29 is 33.7 Å². The second-order valence-electron chi connectivity index (χ2n) is 10.7. The standard InChI is InChI=1S/C29H33ClN2O7/c1-17(33)22-14-31-12-11-29(22,28(35)36)32(15-18-7-8-18)23-10-9-19(30)13-21(23)26(39-16-25(32)34)20-5-4-6-24(37-2)27(20)38-3/h4-6,9-10,13,18,22,26,31H,7-8,11-12,14-16H2,1-3H3/p+1/t22-,26?,29+,32+/m1/s1. The molecule has 0 aromatic heterocycles. The number of halogens is 1. The molecule has 2 N–H and O–H groups in total. The summed E-state index contributed by atoms with van der Waals surface area (Å²) in [5.41, 5.74) is -0.0191. The van der Waals surface area contributed by atoms with Crippen LogP contribution in [0.15, 0.2) is 36.4 Å². The first-order valence-electron chi connectivity index (χ1n) is 13.2. The predicted octanol–water partition coefficient (Wildman–Crippen LogP) is 3.74. The Morgan fingerprint density at radius 1 is 1.18 bits per heavy atom. The van der Waals surface area contributed by atoms with Crippen LogP contribution in [0, 0.1) is 11.8 Å². The van der Waals surface area contributed by atoms with E-state index in [1.807, 2.05) is 6.07 Å². The maximum absolute atomic E-state index is 14.5. The number of piperidine rings is 1. The van der Waals surface area contributed by atoms with Gasteiger partial charge in [-0.3, -0.25) is 4.79 Å². The first-order chi connectivity index (χ1) is 18.7. The Bertz CT molecular complexity index is 1310. The molecule has 5 rings (SSSR count). The number of carbonyl (C=O) groups excluding carboxylic acids is 2. The summed E-state index contributed by atoms with van der Waals surface area (Å²) in [6, 6.07) is 10.6. The molecule has 208 valence electrons. The third-order valence-electron chi connectivity index (χ3n) is 8.58. The number of amides is 1. The van der Waals surface area contributed by atoms with E-state index in [9.17, 15) is 19.5 Å². The highest BCUT2D eigenvalue weighted by atomic mass is 35.5. The van der Waals surface area contributed by atoms with Crippen LogP contribution in [0.1, 0.15) is 43.4 Å². The number of carboxylic acids is 1. The number of quaternary nitrogens is 1. The Labute approximate surface area is 232 Å². The first-order valence-corrected chi connectivity index (χ1v) is 13.6. The topological polar surface area (TPSA) is 111 Å². The summed E-state index contributed by atoms with van der Waals surface area (Å²) in [5, 5.41) is 14.6. The smallest absolute Gasteiger partial charge is 0.367 e. The highest BCUT2D eigenvalue weighted by Crippen LogP contribution is 2.53.